The molecule has 118 valence electrons. The monoisotopic (exact) mass is 309 g/mol. The van der Waals surface area contributed by atoms with Crippen molar-refractivity contribution in [2.24, 2.45) is 5.11 Å². The number of hydrogen-bond acceptors (Lipinski definition) is 5. The van der Waals surface area contributed by atoms with Crippen LogP contribution in [0.25, 0.3) is 10.4 Å². The van der Waals surface area contributed by atoms with E-state index in [1.54, 1.807) is 0 Å². The zero-order valence-electron chi connectivity index (χ0n) is 11.9. The van der Waals surface area contributed by atoms with E-state index in [1.807, 2.05) is 30.3 Å². The molecule has 0 radical (unpaired) electrons. The summed E-state index contributed by atoms with van der Waals surface area (Å²) in [5.41, 5.74) is 9.50. The van der Waals surface area contributed by atoms with Gasteiger partial charge in [0.25, 0.3) is 0 Å². The van der Waals surface area contributed by atoms with Gasteiger partial charge in [-0.2, -0.15) is 0 Å². The van der Waals surface area contributed by atoms with E-state index in [1.165, 1.54) is 7.11 Å². The summed E-state index contributed by atoms with van der Waals surface area (Å²) in [6, 6.07) is 8.26. The number of nitrogens with zero attached hydrogens (tertiary/aromatic N) is 3. The van der Waals surface area contributed by atoms with Crippen LogP contribution in [-0.2, 0) is 18.9 Å². The first kappa shape index (κ1) is 15.2. The Kier molecular flexibility index (Phi) is 4.56. The van der Waals surface area contributed by atoms with Crippen LogP contribution in [-0.4, -0.2) is 44.4 Å². The molecule has 1 aromatic carbocycles. The molecular weight excluding hydrogens is 293 g/mol. The van der Waals surface area contributed by atoms with Crippen LogP contribution in [0.3, 0.4) is 0 Å². The van der Waals surface area contributed by atoms with Crippen molar-refractivity contribution in [3.63, 3.8) is 0 Å². The van der Waals surface area contributed by atoms with Crippen molar-refractivity contribution < 1.29 is 23.3 Å². The van der Waals surface area contributed by atoms with Crippen LogP contribution in [0.15, 0.2) is 35.4 Å². The van der Waals surface area contributed by atoms with Gasteiger partial charge in [0.05, 0.1) is 6.61 Å². The van der Waals surface area contributed by atoms with E-state index in [0.29, 0.717) is 0 Å². The number of fused-ring (bicyclic) bond motifs is 1. The predicted octanol–water partition coefficient (Wildman–Crippen LogP) is 2.49. The summed E-state index contributed by atoms with van der Waals surface area (Å²) in [6.45, 7) is 0.203. The van der Waals surface area contributed by atoms with Gasteiger partial charge in [-0.15, -0.1) is 0 Å². The Bertz CT molecular complexity index is 554. The number of ether oxygens (including phenoxy) is 4. The summed E-state index contributed by atoms with van der Waals surface area (Å²) in [7, 11) is 1.34. The highest BCUT2D eigenvalue weighted by molar-refractivity contribution is 5.16. The predicted molar refractivity (Wildman–Crippen MR) is 73.5 cm³/mol. The SMILES string of the molecule is CO[C@H]1O[C@@H]2CO[C@@H](c3ccccc3)O[C@H]2[C@H](N=[N+]=[N-])[C@@H]1F. The fourth-order valence-corrected chi connectivity index (χ4v) is 2.71. The molecule has 2 heterocycles. The number of rotatable bonds is 3. The zero-order valence-corrected chi connectivity index (χ0v) is 11.9. The quantitative estimate of drug-likeness (QED) is 0.487. The van der Waals surface area contributed by atoms with E-state index in [4.69, 9.17) is 24.5 Å². The van der Waals surface area contributed by atoms with E-state index in [-0.39, 0.29) is 6.61 Å². The first-order valence-corrected chi connectivity index (χ1v) is 6.93. The molecule has 2 saturated heterocycles. The Morgan fingerprint density at radius 1 is 1.32 bits per heavy atom. The maximum Gasteiger partial charge on any atom is 0.189 e. The van der Waals surface area contributed by atoms with Gasteiger partial charge in [0.15, 0.2) is 18.8 Å². The molecule has 0 aromatic heterocycles. The lowest BCUT2D eigenvalue weighted by Crippen LogP contribution is -2.60. The van der Waals surface area contributed by atoms with Crippen LogP contribution in [0.4, 0.5) is 4.39 Å². The van der Waals surface area contributed by atoms with Crippen LogP contribution in [0.1, 0.15) is 11.9 Å². The Morgan fingerprint density at radius 2 is 2.09 bits per heavy atom. The molecule has 0 spiro atoms. The molecular formula is C14H16FN3O4. The third kappa shape index (κ3) is 2.79. The smallest absolute Gasteiger partial charge is 0.189 e. The largest absolute Gasteiger partial charge is 0.353 e. The summed E-state index contributed by atoms with van der Waals surface area (Å²) in [5, 5.41) is 3.54. The highest BCUT2D eigenvalue weighted by Crippen LogP contribution is 2.36. The molecule has 2 aliphatic heterocycles. The Balaban J connectivity index is 1.82. The van der Waals surface area contributed by atoms with Gasteiger partial charge in [0.1, 0.15) is 18.2 Å². The minimum absolute atomic E-state index is 0.203. The van der Waals surface area contributed by atoms with Gasteiger partial charge in [-0.25, -0.2) is 4.39 Å². The zero-order chi connectivity index (χ0) is 15.5. The average molecular weight is 309 g/mol. The molecule has 3 rings (SSSR count). The van der Waals surface area contributed by atoms with E-state index in [2.05, 4.69) is 10.0 Å². The van der Waals surface area contributed by atoms with Gasteiger partial charge in [-0.05, 0) is 5.53 Å². The summed E-state index contributed by atoms with van der Waals surface area (Å²) >= 11 is 0. The standard InChI is InChI=1S/C14H16FN3O4/c1-19-14-10(15)11(17-18-16)12-9(21-14)7-20-13(22-12)8-5-3-2-4-6-8/h2-6,9-14H,7H2,1H3/t9-,10+,11-,12-,13-,14+/m1/s1. The Hall–Kier alpha value is -1.70. The topological polar surface area (TPSA) is 85.7 Å². The summed E-state index contributed by atoms with van der Waals surface area (Å²) in [5.74, 6) is 0. The van der Waals surface area contributed by atoms with Crippen molar-refractivity contribution in [2.45, 2.75) is 37.0 Å². The van der Waals surface area contributed by atoms with Gasteiger partial charge in [-0.1, -0.05) is 35.4 Å². The lowest BCUT2D eigenvalue weighted by molar-refractivity contribution is -0.331. The van der Waals surface area contributed by atoms with Crippen LogP contribution < -0.4 is 0 Å². The second kappa shape index (κ2) is 6.60. The van der Waals surface area contributed by atoms with Crippen molar-refractivity contribution in [3.05, 3.63) is 46.3 Å². The molecule has 6 atom stereocenters. The normalized spacial score (nSPS) is 37.9. The summed E-state index contributed by atoms with van der Waals surface area (Å²) in [4.78, 5) is 2.72. The number of azide groups is 1. The third-order valence-corrected chi connectivity index (χ3v) is 3.78. The molecule has 7 nitrogen and oxygen atoms in total. The molecule has 0 bridgehead atoms. The van der Waals surface area contributed by atoms with Gasteiger partial charge in [0.2, 0.25) is 0 Å². The number of hydrogen-bond donors (Lipinski definition) is 0. The van der Waals surface area contributed by atoms with Crippen LogP contribution in [0.5, 0.6) is 0 Å². The fraction of sp³-hybridized carbons (Fsp3) is 0.571. The molecule has 8 heteroatoms. The van der Waals surface area contributed by atoms with E-state index >= 15 is 0 Å². The molecule has 2 aliphatic rings. The first-order valence-electron chi connectivity index (χ1n) is 6.93. The molecule has 0 unspecified atom stereocenters. The van der Waals surface area contributed by atoms with Gasteiger partial charge >= 0.3 is 0 Å². The number of benzene rings is 1. The average Bonchev–Trinajstić information content (AvgIpc) is 2.57. The maximum atomic E-state index is 14.4. The molecule has 0 amide bonds. The summed E-state index contributed by atoms with van der Waals surface area (Å²) < 4.78 is 36.2. The minimum atomic E-state index is -1.60. The first-order chi connectivity index (χ1) is 10.7. The molecule has 0 saturated carbocycles. The number of alkyl halides is 1. The van der Waals surface area contributed by atoms with Gasteiger partial charge < -0.3 is 18.9 Å². The Morgan fingerprint density at radius 3 is 2.77 bits per heavy atom. The van der Waals surface area contributed by atoms with Crippen molar-refractivity contribution >= 4 is 0 Å². The third-order valence-electron chi connectivity index (χ3n) is 3.78. The van der Waals surface area contributed by atoms with E-state index in [0.717, 1.165) is 5.56 Å². The van der Waals surface area contributed by atoms with Gasteiger partial charge in [-0.3, -0.25) is 0 Å². The van der Waals surface area contributed by atoms with Crippen molar-refractivity contribution in [2.75, 3.05) is 13.7 Å². The minimum Gasteiger partial charge on any atom is -0.353 e. The van der Waals surface area contributed by atoms with Crippen molar-refractivity contribution in [1.82, 2.24) is 0 Å². The number of halogens is 1. The van der Waals surface area contributed by atoms with Crippen molar-refractivity contribution in [3.8, 4) is 0 Å². The molecule has 2 fully saturated rings. The van der Waals surface area contributed by atoms with Gasteiger partial charge in [0, 0.05) is 17.6 Å². The lowest BCUT2D eigenvalue weighted by Gasteiger charge is -2.45. The van der Waals surface area contributed by atoms with E-state index < -0.39 is 37.0 Å². The number of methoxy groups -OCH3 is 1. The summed E-state index contributed by atoms with van der Waals surface area (Å²) in [6.07, 6.45) is -4.62. The Labute approximate surface area is 126 Å². The molecule has 0 N–H and O–H groups in total. The lowest BCUT2D eigenvalue weighted by atomic mass is 9.97. The van der Waals surface area contributed by atoms with Crippen LogP contribution >= 0.6 is 0 Å². The fourth-order valence-electron chi connectivity index (χ4n) is 2.71. The van der Waals surface area contributed by atoms with Crippen molar-refractivity contribution in [1.29, 1.82) is 0 Å². The molecule has 1 aromatic rings. The molecule has 0 aliphatic carbocycles. The van der Waals surface area contributed by atoms with Crippen LogP contribution in [0.2, 0.25) is 0 Å². The second-order valence-corrected chi connectivity index (χ2v) is 5.10. The highest BCUT2D eigenvalue weighted by atomic mass is 19.1. The molecule has 22 heavy (non-hydrogen) atoms. The maximum absolute atomic E-state index is 14.4. The van der Waals surface area contributed by atoms with E-state index in [9.17, 15) is 4.39 Å². The highest BCUT2D eigenvalue weighted by Gasteiger charge is 2.50. The van der Waals surface area contributed by atoms with Crippen LogP contribution in [0, 0.1) is 0 Å². The second-order valence-electron chi connectivity index (χ2n) is 5.10.